The number of rotatable bonds is 5. The van der Waals surface area contributed by atoms with Crippen molar-refractivity contribution in [3.05, 3.63) is 50.4 Å². The first-order chi connectivity index (χ1) is 9.06. The normalized spacial score (nSPS) is 12.6. The van der Waals surface area contributed by atoms with Gasteiger partial charge in [-0.1, -0.05) is 0 Å². The highest BCUT2D eigenvalue weighted by molar-refractivity contribution is 9.11. The fourth-order valence-electron chi connectivity index (χ4n) is 1.88. The Kier molecular flexibility index (Phi) is 4.96. The largest absolute Gasteiger partial charge is 0.508 e. The lowest BCUT2D eigenvalue weighted by Gasteiger charge is -2.15. The van der Waals surface area contributed by atoms with Gasteiger partial charge in [-0.05, 0) is 59.6 Å². The van der Waals surface area contributed by atoms with Crippen LogP contribution in [-0.4, -0.2) is 11.7 Å². The van der Waals surface area contributed by atoms with E-state index in [9.17, 15) is 9.50 Å². The minimum Gasteiger partial charge on any atom is -0.508 e. The van der Waals surface area contributed by atoms with Crippen LogP contribution in [0.25, 0.3) is 0 Å². The third kappa shape index (κ3) is 4.03. The lowest BCUT2D eigenvalue weighted by molar-refractivity contribution is 0.450. The van der Waals surface area contributed by atoms with Crippen LogP contribution < -0.4 is 5.32 Å². The van der Waals surface area contributed by atoms with E-state index in [2.05, 4.69) is 27.3 Å². The minimum atomic E-state index is -0.330. The molecule has 0 aliphatic heterocycles. The number of phenolic OH excluding ortho intramolecular Hbond substituents is 1. The Hall–Kier alpha value is -0.910. The fourth-order valence-corrected chi connectivity index (χ4v) is 3.36. The van der Waals surface area contributed by atoms with Crippen molar-refractivity contribution in [3.8, 4) is 5.75 Å². The number of hydrogen-bond acceptors (Lipinski definition) is 3. The number of thiophene rings is 1. The van der Waals surface area contributed by atoms with Gasteiger partial charge in [0.05, 0.1) is 3.79 Å². The van der Waals surface area contributed by atoms with Gasteiger partial charge in [0.25, 0.3) is 0 Å². The topological polar surface area (TPSA) is 32.3 Å². The van der Waals surface area contributed by atoms with Crippen LogP contribution in [0.3, 0.4) is 0 Å². The van der Waals surface area contributed by atoms with Crippen molar-refractivity contribution in [2.75, 3.05) is 6.54 Å². The Labute approximate surface area is 124 Å². The number of phenols is 1. The highest BCUT2D eigenvalue weighted by atomic mass is 79.9. The van der Waals surface area contributed by atoms with E-state index in [-0.39, 0.29) is 17.6 Å². The molecule has 0 aliphatic rings. The SMILES string of the molecule is CC(NCCc1ccc(Br)s1)c1cc(F)ccc1O. The first-order valence-electron chi connectivity index (χ1n) is 6.02. The van der Waals surface area contributed by atoms with Crippen molar-refractivity contribution in [2.45, 2.75) is 19.4 Å². The average Bonchev–Trinajstić information content (AvgIpc) is 2.78. The molecular weight excluding hydrogens is 329 g/mol. The van der Waals surface area contributed by atoms with E-state index in [4.69, 9.17) is 0 Å². The second-order valence-electron chi connectivity index (χ2n) is 4.33. The van der Waals surface area contributed by atoms with E-state index in [1.54, 1.807) is 11.3 Å². The monoisotopic (exact) mass is 343 g/mol. The molecule has 1 unspecified atom stereocenters. The second-order valence-corrected chi connectivity index (χ2v) is 6.88. The summed E-state index contributed by atoms with van der Waals surface area (Å²) in [5.74, 6) is -0.205. The summed E-state index contributed by atoms with van der Waals surface area (Å²) in [6, 6.07) is 8.05. The first kappa shape index (κ1) is 14.5. The summed E-state index contributed by atoms with van der Waals surface area (Å²) in [5.41, 5.74) is 0.590. The molecule has 1 heterocycles. The summed E-state index contributed by atoms with van der Waals surface area (Å²) in [6.45, 7) is 2.70. The Morgan fingerprint density at radius 2 is 2.16 bits per heavy atom. The maximum Gasteiger partial charge on any atom is 0.123 e. The van der Waals surface area contributed by atoms with Crippen molar-refractivity contribution in [2.24, 2.45) is 0 Å². The molecular formula is C14H15BrFNOS. The molecule has 0 saturated carbocycles. The third-order valence-corrected chi connectivity index (χ3v) is 4.59. The Morgan fingerprint density at radius 3 is 2.84 bits per heavy atom. The average molecular weight is 344 g/mol. The van der Waals surface area contributed by atoms with Crippen LogP contribution in [0.5, 0.6) is 5.75 Å². The molecule has 0 bridgehead atoms. The van der Waals surface area contributed by atoms with Gasteiger partial charge in [0.15, 0.2) is 0 Å². The zero-order chi connectivity index (χ0) is 13.8. The molecule has 0 amide bonds. The molecule has 1 aromatic heterocycles. The van der Waals surface area contributed by atoms with E-state index in [0.717, 1.165) is 16.8 Å². The van der Waals surface area contributed by atoms with Gasteiger partial charge in [-0.2, -0.15) is 0 Å². The number of benzene rings is 1. The molecule has 2 nitrogen and oxygen atoms in total. The lowest BCUT2D eigenvalue weighted by atomic mass is 10.1. The van der Waals surface area contributed by atoms with Crippen molar-refractivity contribution in [1.29, 1.82) is 0 Å². The maximum absolute atomic E-state index is 13.2. The molecule has 0 saturated heterocycles. The molecule has 102 valence electrons. The van der Waals surface area contributed by atoms with Crippen molar-refractivity contribution >= 4 is 27.3 Å². The third-order valence-electron chi connectivity index (χ3n) is 2.91. The number of aromatic hydroxyl groups is 1. The van der Waals surface area contributed by atoms with Gasteiger partial charge >= 0.3 is 0 Å². The van der Waals surface area contributed by atoms with E-state index in [0.29, 0.717) is 5.56 Å². The fraction of sp³-hybridized carbons (Fsp3) is 0.286. The molecule has 2 aromatic rings. The number of halogens is 2. The predicted octanol–water partition coefficient (Wildman–Crippen LogP) is 4.25. The van der Waals surface area contributed by atoms with Crippen molar-refractivity contribution in [1.82, 2.24) is 5.32 Å². The van der Waals surface area contributed by atoms with Crippen LogP contribution in [-0.2, 0) is 6.42 Å². The van der Waals surface area contributed by atoms with E-state index in [1.807, 2.05) is 13.0 Å². The van der Waals surface area contributed by atoms with Crippen molar-refractivity contribution in [3.63, 3.8) is 0 Å². The van der Waals surface area contributed by atoms with Crippen LogP contribution >= 0.6 is 27.3 Å². The highest BCUT2D eigenvalue weighted by Gasteiger charge is 2.11. The molecule has 1 aromatic carbocycles. The molecule has 0 radical (unpaired) electrons. The van der Waals surface area contributed by atoms with Gasteiger partial charge in [0.2, 0.25) is 0 Å². The Morgan fingerprint density at radius 1 is 1.37 bits per heavy atom. The lowest BCUT2D eigenvalue weighted by Crippen LogP contribution is -2.21. The van der Waals surface area contributed by atoms with Gasteiger partial charge in [0, 0.05) is 23.0 Å². The van der Waals surface area contributed by atoms with Crippen molar-refractivity contribution < 1.29 is 9.50 Å². The summed E-state index contributed by atoms with van der Waals surface area (Å²) < 4.78 is 14.3. The van der Waals surface area contributed by atoms with Gasteiger partial charge < -0.3 is 10.4 Å². The molecule has 2 N–H and O–H groups in total. The summed E-state index contributed by atoms with van der Waals surface area (Å²) in [6.07, 6.45) is 0.913. The van der Waals surface area contributed by atoms with Crippen LogP contribution in [0.15, 0.2) is 34.1 Å². The summed E-state index contributed by atoms with van der Waals surface area (Å²) in [7, 11) is 0. The summed E-state index contributed by atoms with van der Waals surface area (Å²) in [5, 5.41) is 13.0. The van der Waals surface area contributed by atoms with Gasteiger partial charge in [0.1, 0.15) is 11.6 Å². The van der Waals surface area contributed by atoms with Crippen LogP contribution in [0.2, 0.25) is 0 Å². The molecule has 5 heteroatoms. The Balaban J connectivity index is 1.90. The summed E-state index contributed by atoms with van der Waals surface area (Å²) >= 11 is 5.14. The van der Waals surface area contributed by atoms with E-state index < -0.39 is 0 Å². The zero-order valence-electron chi connectivity index (χ0n) is 10.5. The number of nitrogens with one attached hydrogen (secondary N) is 1. The van der Waals surface area contributed by atoms with Gasteiger partial charge in [-0.25, -0.2) is 4.39 Å². The highest BCUT2D eigenvalue weighted by Crippen LogP contribution is 2.25. The van der Waals surface area contributed by atoms with E-state index >= 15 is 0 Å². The predicted molar refractivity (Wildman–Crippen MR) is 80.2 cm³/mol. The quantitative estimate of drug-likeness (QED) is 0.850. The molecule has 1 atom stereocenters. The van der Waals surface area contributed by atoms with Gasteiger partial charge in [-0.3, -0.25) is 0 Å². The maximum atomic E-state index is 13.2. The van der Waals surface area contributed by atoms with Gasteiger partial charge in [-0.15, -0.1) is 11.3 Å². The van der Waals surface area contributed by atoms with Crippen LogP contribution in [0.1, 0.15) is 23.4 Å². The van der Waals surface area contributed by atoms with Crippen LogP contribution in [0, 0.1) is 5.82 Å². The molecule has 2 rings (SSSR count). The first-order valence-corrected chi connectivity index (χ1v) is 7.63. The smallest absolute Gasteiger partial charge is 0.123 e. The molecule has 0 spiro atoms. The summed E-state index contributed by atoms with van der Waals surface area (Å²) in [4.78, 5) is 1.29. The molecule has 0 aliphatic carbocycles. The molecule has 0 fully saturated rings. The standard InChI is InChI=1S/C14H15BrFNOS/c1-9(12-8-10(16)2-4-13(12)18)17-7-6-11-3-5-14(15)19-11/h2-5,8-9,17-18H,6-7H2,1H3. The second kappa shape index (κ2) is 6.50. The Bertz CT molecular complexity index is 558. The minimum absolute atomic E-state index is 0.0842. The molecule has 19 heavy (non-hydrogen) atoms. The zero-order valence-corrected chi connectivity index (χ0v) is 12.9. The number of hydrogen-bond donors (Lipinski definition) is 2. The van der Waals surface area contributed by atoms with Crippen LogP contribution in [0.4, 0.5) is 4.39 Å². The van der Waals surface area contributed by atoms with E-state index in [1.165, 1.54) is 23.1 Å².